The van der Waals surface area contributed by atoms with Gasteiger partial charge in [0.25, 0.3) is 5.91 Å². The van der Waals surface area contributed by atoms with Crippen molar-refractivity contribution in [1.82, 2.24) is 9.97 Å². The van der Waals surface area contributed by atoms with Crippen molar-refractivity contribution in [2.24, 2.45) is 0 Å². The molecule has 0 unspecified atom stereocenters. The smallest absolute Gasteiger partial charge is 0.255 e. The molecule has 4 rings (SSSR count). The summed E-state index contributed by atoms with van der Waals surface area (Å²) in [7, 11) is 0. The fourth-order valence-corrected chi connectivity index (χ4v) is 3.54. The Morgan fingerprint density at radius 1 is 0.914 bits per heavy atom. The Labute approximate surface area is 204 Å². The number of benzene rings is 3. The number of amides is 1. The second kappa shape index (κ2) is 12.1. The topological polar surface area (TPSA) is 84.1 Å². The molecule has 0 saturated carbocycles. The predicted molar refractivity (Wildman–Crippen MR) is 138 cm³/mol. The van der Waals surface area contributed by atoms with E-state index in [4.69, 9.17) is 4.74 Å². The lowest BCUT2D eigenvalue weighted by molar-refractivity contribution is 0.102. The van der Waals surface area contributed by atoms with Crippen molar-refractivity contribution in [3.8, 4) is 5.75 Å². The number of allylic oxidation sites excluding steroid dienone is 1. The molecule has 1 heterocycles. The summed E-state index contributed by atoms with van der Waals surface area (Å²) in [6, 6.07) is 24.3. The van der Waals surface area contributed by atoms with Crippen LogP contribution in [0.3, 0.4) is 0 Å². The van der Waals surface area contributed by atoms with Crippen molar-refractivity contribution in [3.63, 3.8) is 0 Å². The van der Waals surface area contributed by atoms with Crippen LogP contribution < -0.4 is 10.1 Å². The molecule has 6 heteroatoms. The lowest BCUT2D eigenvalue weighted by Gasteiger charge is -2.09. The summed E-state index contributed by atoms with van der Waals surface area (Å²) in [4.78, 5) is 32.1. The standard InChI is InChI=1S/C29H27N3O3/c33-27(16-17-28-30-18-19-31-28)24-10-6-11-25(21-24)32-29(34)23-12-14-26(15-13-23)35-20-5-4-9-22-7-2-1-3-8-22/h1-3,6-8,10-19,21H,4-5,9,20H2,(H,30,31)(H,32,34). The van der Waals surface area contributed by atoms with Crippen LogP contribution in [0.1, 0.15) is 44.9 Å². The number of aromatic amines is 1. The van der Waals surface area contributed by atoms with Gasteiger partial charge in [-0.3, -0.25) is 9.59 Å². The van der Waals surface area contributed by atoms with E-state index in [1.54, 1.807) is 67.0 Å². The van der Waals surface area contributed by atoms with Crippen LogP contribution in [0, 0.1) is 0 Å². The third kappa shape index (κ3) is 7.27. The Morgan fingerprint density at radius 2 is 1.74 bits per heavy atom. The first-order valence-corrected chi connectivity index (χ1v) is 11.6. The van der Waals surface area contributed by atoms with Crippen LogP contribution in [0.15, 0.2) is 97.3 Å². The number of aryl methyl sites for hydroxylation is 1. The molecule has 0 bridgehead atoms. The second-order valence-corrected chi connectivity index (χ2v) is 8.02. The van der Waals surface area contributed by atoms with Crippen molar-refractivity contribution < 1.29 is 14.3 Å². The lowest BCUT2D eigenvalue weighted by atomic mass is 10.1. The lowest BCUT2D eigenvalue weighted by Crippen LogP contribution is -2.12. The first kappa shape index (κ1) is 23.7. The Hall–Kier alpha value is -4.45. The van der Waals surface area contributed by atoms with E-state index in [1.807, 2.05) is 6.07 Å². The predicted octanol–water partition coefficient (Wildman–Crippen LogP) is 5.96. The van der Waals surface area contributed by atoms with E-state index < -0.39 is 0 Å². The number of unbranched alkanes of at least 4 members (excludes halogenated alkanes) is 1. The Kier molecular flexibility index (Phi) is 8.22. The molecule has 0 aliphatic carbocycles. The number of carbonyl (C=O) groups excluding carboxylic acids is 2. The normalized spacial score (nSPS) is 10.9. The van der Waals surface area contributed by atoms with Crippen LogP contribution in [0.25, 0.3) is 6.08 Å². The number of H-pyrrole nitrogens is 1. The van der Waals surface area contributed by atoms with E-state index in [9.17, 15) is 9.59 Å². The minimum atomic E-state index is -0.255. The maximum absolute atomic E-state index is 12.7. The quantitative estimate of drug-likeness (QED) is 0.163. The van der Waals surface area contributed by atoms with Crippen LogP contribution in [0.4, 0.5) is 5.69 Å². The molecule has 0 radical (unpaired) electrons. The first-order valence-electron chi connectivity index (χ1n) is 11.6. The fraction of sp³-hybridized carbons (Fsp3) is 0.138. The van der Waals surface area contributed by atoms with Crippen molar-refractivity contribution in [1.29, 1.82) is 0 Å². The molecule has 0 spiro atoms. The van der Waals surface area contributed by atoms with E-state index in [0.717, 1.165) is 25.0 Å². The average Bonchev–Trinajstić information content (AvgIpc) is 3.42. The van der Waals surface area contributed by atoms with Gasteiger partial charge in [-0.15, -0.1) is 0 Å². The summed E-state index contributed by atoms with van der Waals surface area (Å²) in [6.07, 6.45) is 9.42. The van der Waals surface area contributed by atoms with Crippen LogP contribution in [0.2, 0.25) is 0 Å². The summed E-state index contributed by atoms with van der Waals surface area (Å²) in [6.45, 7) is 0.633. The van der Waals surface area contributed by atoms with Crippen LogP contribution in [-0.4, -0.2) is 28.3 Å². The minimum absolute atomic E-state index is 0.178. The number of rotatable bonds is 11. The molecular formula is C29H27N3O3. The van der Waals surface area contributed by atoms with Crippen molar-refractivity contribution >= 4 is 23.5 Å². The largest absolute Gasteiger partial charge is 0.494 e. The van der Waals surface area contributed by atoms with Crippen molar-refractivity contribution in [2.45, 2.75) is 19.3 Å². The first-order chi connectivity index (χ1) is 17.2. The molecule has 0 aliphatic rings. The van der Waals surface area contributed by atoms with Gasteiger partial charge in [-0.25, -0.2) is 4.98 Å². The zero-order valence-electron chi connectivity index (χ0n) is 19.3. The maximum Gasteiger partial charge on any atom is 0.255 e. The van der Waals surface area contributed by atoms with Gasteiger partial charge < -0.3 is 15.0 Å². The van der Waals surface area contributed by atoms with Crippen LogP contribution in [-0.2, 0) is 6.42 Å². The number of hydrogen-bond acceptors (Lipinski definition) is 4. The molecular weight excluding hydrogens is 438 g/mol. The van der Waals surface area contributed by atoms with Gasteiger partial charge in [0.1, 0.15) is 11.6 Å². The van der Waals surface area contributed by atoms with Crippen molar-refractivity contribution in [2.75, 3.05) is 11.9 Å². The van der Waals surface area contributed by atoms with Gasteiger partial charge in [-0.1, -0.05) is 42.5 Å². The molecule has 1 aromatic heterocycles. The molecule has 35 heavy (non-hydrogen) atoms. The monoisotopic (exact) mass is 465 g/mol. The molecule has 0 aliphatic heterocycles. The van der Waals surface area contributed by atoms with Gasteiger partial charge in [0.2, 0.25) is 0 Å². The van der Waals surface area contributed by atoms with Gasteiger partial charge in [0, 0.05) is 29.2 Å². The molecule has 0 saturated heterocycles. The highest BCUT2D eigenvalue weighted by molar-refractivity contribution is 6.08. The molecule has 176 valence electrons. The third-order valence-electron chi connectivity index (χ3n) is 5.40. The second-order valence-electron chi connectivity index (χ2n) is 8.02. The molecule has 4 aromatic rings. The highest BCUT2D eigenvalue weighted by atomic mass is 16.5. The number of nitrogens with one attached hydrogen (secondary N) is 2. The Balaban J connectivity index is 1.25. The van der Waals surface area contributed by atoms with E-state index in [2.05, 4.69) is 39.6 Å². The number of anilines is 1. The van der Waals surface area contributed by atoms with Gasteiger partial charge >= 0.3 is 0 Å². The van der Waals surface area contributed by atoms with Crippen LogP contribution in [0.5, 0.6) is 5.75 Å². The van der Waals surface area contributed by atoms with E-state index in [0.29, 0.717) is 29.2 Å². The average molecular weight is 466 g/mol. The van der Waals surface area contributed by atoms with E-state index >= 15 is 0 Å². The molecule has 0 fully saturated rings. The van der Waals surface area contributed by atoms with Crippen molar-refractivity contribution in [3.05, 3.63) is 120 Å². The Bertz CT molecular complexity index is 1260. The zero-order valence-corrected chi connectivity index (χ0v) is 19.3. The summed E-state index contributed by atoms with van der Waals surface area (Å²) in [5, 5.41) is 2.84. The maximum atomic E-state index is 12.7. The van der Waals surface area contributed by atoms with Gasteiger partial charge in [0.05, 0.1) is 6.61 Å². The molecule has 1 amide bonds. The summed E-state index contributed by atoms with van der Waals surface area (Å²) in [5.41, 5.74) is 2.87. The summed E-state index contributed by atoms with van der Waals surface area (Å²) >= 11 is 0. The summed E-state index contributed by atoms with van der Waals surface area (Å²) in [5.74, 6) is 0.900. The SMILES string of the molecule is O=C(C=Cc1ncc[nH]1)c1cccc(NC(=O)c2ccc(OCCCCc3ccccc3)cc2)c1. The number of nitrogens with zero attached hydrogens (tertiary/aromatic N) is 1. The number of imidazole rings is 1. The number of carbonyl (C=O) groups is 2. The Morgan fingerprint density at radius 3 is 2.51 bits per heavy atom. The number of hydrogen-bond donors (Lipinski definition) is 2. The van der Waals surface area contributed by atoms with E-state index in [-0.39, 0.29) is 11.7 Å². The number of aromatic nitrogens is 2. The molecule has 6 nitrogen and oxygen atoms in total. The van der Waals surface area contributed by atoms with Gasteiger partial charge in [0.15, 0.2) is 5.78 Å². The minimum Gasteiger partial charge on any atom is -0.494 e. The number of ether oxygens (including phenoxy) is 1. The molecule has 3 aromatic carbocycles. The van der Waals surface area contributed by atoms with E-state index in [1.165, 1.54) is 11.6 Å². The molecule has 0 atom stereocenters. The highest BCUT2D eigenvalue weighted by Crippen LogP contribution is 2.17. The molecule has 2 N–H and O–H groups in total. The van der Waals surface area contributed by atoms with Crippen LogP contribution >= 0.6 is 0 Å². The van der Waals surface area contributed by atoms with Gasteiger partial charge in [-0.05, 0) is 73.4 Å². The highest BCUT2D eigenvalue weighted by Gasteiger charge is 2.09. The van der Waals surface area contributed by atoms with Gasteiger partial charge in [-0.2, -0.15) is 0 Å². The zero-order chi connectivity index (χ0) is 24.3. The fourth-order valence-electron chi connectivity index (χ4n) is 3.54. The number of ketones is 1. The third-order valence-corrected chi connectivity index (χ3v) is 5.40. The summed E-state index contributed by atoms with van der Waals surface area (Å²) < 4.78 is 5.81.